The fourth-order valence-corrected chi connectivity index (χ4v) is 2.81. The van der Waals surface area contributed by atoms with Gasteiger partial charge in [-0.2, -0.15) is 0 Å². The van der Waals surface area contributed by atoms with Crippen molar-refractivity contribution in [3.8, 4) is 0 Å². The van der Waals surface area contributed by atoms with Gasteiger partial charge in [-0.25, -0.2) is 0 Å². The van der Waals surface area contributed by atoms with Crippen LogP contribution in [0.15, 0.2) is 12.8 Å². The molecule has 3 heteroatoms. The van der Waals surface area contributed by atoms with Gasteiger partial charge in [-0.3, -0.25) is 0 Å². The van der Waals surface area contributed by atoms with E-state index in [1.807, 2.05) is 0 Å². The Morgan fingerprint density at radius 3 is 2.77 bits per heavy atom. The second-order valence-electron chi connectivity index (χ2n) is 3.93. The first-order valence-electron chi connectivity index (χ1n) is 4.75. The Hall–Kier alpha value is -0.540. The lowest BCUT2D eigenvalue weighted by molar-refractivity contribution is -0.0815. The quantitative estimate of drug-likeness (QED) is 0.663. The summed E-state index contributed by atoms with van der Waals surface area (Å²) in [6.07, 6.45) is 3.33. The average molecular weight is 184 g/mol. The molecular weight excluding hydrogens is 168 g/mol. The highest BCUT2D eigenvalue weighted by molar-refractivity contribution is 5.03. The second kappa shape index (κ2) is 3.31. The highest BCUT2D eigenvalue weighted by atomic mass is 16.5. The number of aliphatic hydroxyl groups is 1. The Labute approximate surface area is 78.3 Å². The predicted molar refractivity (Wildman–Crippen MR) is 48.1 cm³/mol. The van der Waals surface area contributed by atoms with Crippen molar-refractivity contribution in [1.82, 2.24) is 0 Å². The molecule has 1 N–H and O–H groups in total. The molecule has 13 heavy (non-hydrogen) atoms. The van der Waals surface area contributed by atoms with Crippen LogP contribution >= 0.6 is 0 Å². The number of hydrogen-bond acceptors (Lipinski definition) is 3. The summed E-state index contributed by atoms with van der Waals surface area (Å²) in [4.78, 5) is 0. The zero-order valence-corrected chi connectivity index (χ0v) is 7.85. The predicted octanol–water partition coefficient (Wildman–Crippen LogP) is 0.931. The van der Waals surface area contributed by atoms with E-state index in [-0.39, 0.29) is 18.3 Å². The van der Waals surface area contributed by atoms with Gasteiger partial charge in [-0.1, -0.05) is 6.58 Å². The third-order valence-corrected chi connectivity index (χ3v) is 3.37. The van der Waals surface area contributed by atoms with Crippen molar-refractivity contribution in [2.24, 2.45) is 11.8 Å². The van der Waals surface area contributed by atoms with Gasteiger partial charge < -0.3 is 14.6 Å². The van der Waals surface area contributed by atoms with Crippen LogP contribution in [0.1, 0.15) is 12.8 Å². The van der Waals surface area contributed by atoms with E-state index in [4.69, 9.17) is 9.47 Å². The lowest BCUT2D eigenvalue weighted by atomic mass is 9.92. The molecule has 0 amide bonds. The maximum atomic E-state index is 9.76. The molecule has 5 unspecified atom stereocenters. The summed E-state index contributed by atoms with van der Waals surface area (Å²) >= 11 is 0. The Kier molecular flexibility index (Phi) is 2.30. The third kappa shape index (κ3) is 1.27. The molecule has 74 valence electrons. The van der Waals surface area contributed by atoms with Crippen LogP contribution in [0.5, 0.6) is 0 Å². The molecule has 0 aromatic rings. The molecule has 0 aliphatic heterocycles. The molecule has 2 bridgehead atoms. The van der Waals surface area contributed by atoms with Crippen molar-refractivity contribution in [2.45, 2.75) is 31.2 Å². The number of ether oxygens (including phenoxy) is 2. The van der Waals surface area contributed by atoms with E-state index in [9.17, 15) is 5.11 Å². The Balaban J connectivity index is 2.05. The first-order chi connectivity index (χ1) is 6.27. The zero-order valence-electron chi connectivity index (χ0n) is 7.85. The standard InChI is InChI=1S/C10H16O3/c1-3-13-8-5-6-4-7(8)10(12-2)9(6)11/h3,6-11H,1,4-5H2,2H3. The van der Waals surface area contributed by atoms with Crippen molar-refractivity contribution in [3.05, 3.63) is 12.8 Å². The minimum atomic E-state index is -0.292. The van der Waals surface area contributed by atoms with Gasteiger partial charge in [-0.05, 0) is 18.8 Å². The number of methoxy groups -OCH3 is 1. The van der Waals surface area contributed by atoms with Crippen molar-refractivity contribution in [2.75, 3.05) is 7.11 Å². The molecule has 2 aliphatic rings. The van der Waals surface area contributed by atoms with Crippen molar-refractivity contribution >= 4 is 0 Å². The molecule has 2 saturated carbocycles. The number of fused-ring (bicyclic) bond motifs is 2. The first kappa shape index (κ1) is 9.03. The van der Waals surface area contributed by atoms with E-state index in [1.54, 1.807) is 7.11 Å². The number of rotatable bonds is 3. The number of hydrogen-bond donors (Lipinski definition) is 1. The highest BCUT2D eigenvalue weighted by Crippen LogP contribution is 2.47. The zero-order chi connectivity index (χ0) is 9.42. The van der Waals surface area contributed by atoms with Crippen LogP contribution in [0.3, 0.4) is 0 Å². The van der Waals surface area contributed by atoms with E-state index in [1.165, 1.54) is 6.26 Å². The SMILES string of the molecule is C=COC1CC2CC1C(OC)C2O. The number of aliphatic hydroxyl groups excluding tert-OH is 1. The molecule has 2 rings (SSSR count). The van der Waals surface area contributed by atoms with Crippen LogP contribution < -0.4 is 0 Å². The van der Waals surface area contributed by atoms with Crippen LogP contribution in [0.4, 0.5) is 0 Å². The molecule has 3 nitrogen and oxygen atoms in total. The Morgan fingerprint density at radius 2 is 2.23 bits per heavy atom. The molecule has 0 heterocycles. The van der Waals surface area contributed by atoms with Gasteiger partial charge in [-0.15, -0.1) is 0 Å². The molecule has 0 saturated heterocycles. The van der Waals surface area contributed by atoms with Crippen LogP contribution in [0, 0.1) is 11.8 Å². The van der Waals surface area contributed by atoms with Crippen LogP contribution in [-0.2, 0) is 9.47 Å². The topological polar surface area (TPSA) is 38.7 Å². The largest absolute Gasteiger partial charge is 0.498 e. The normalized spacial score (nSPS) is 48.0. The van der Waals surface area contributed by atoms with E-state index in [0.29, 0.717) is 11.8 Å². The summed E-state index contributed by atoms with van der Waals surface area (Å²) in [5.74, 6) is 0.711. The van der Waals surface area contributed by atoms with Crippen molar-refractivity contribution in [3.63, 3.8) is 0 Å². The van der Waals surface area contributed by atoms with Crippen LogP contribution in [0.2, 0.25) is 0 Å². The van der Waals surface area contributed by atoms with Gasteiger partial charge in [0.25, 0.3) is 0 Å². The highest BCUT2D eigenvalue weighted by Gasteiger charge is 2.53. The van der Waals surface area contributed by atoms with Gasteiger partial charge in [0.2, 0.25) is 0 Å². The van der Waals surface area contributed by atoms with E-state index in [0.717, 1.165) is 12.8 Å². The fourth-order valence-electron chi connectivity index (χ4n) is 2.81. The summed E-state index contributed by atoms with van der Waals surface area (Å²) in [7, 11) is 1.65. The molecule has 5 atom stereocenters. The second-order valence-corrected chi connectivity index (χ2v) is 3.93. The van der Waals surface area contributed by atoms with E-state index < -0.39 is 0 Å². The lowest BCUT2D eigenvalue weighted by Gasteiger charge is -2.31. The maximum Gasteiger partial charge on any atom is 0.104 e. The van der Waals surface area contributed by atoms with E-state index in [2.05, 4.69) is 6.58 Å². The third-order valence-electron chi connectivity index (χ3n) is 3.37. The average Bonchev–Trinajstić information content (AvgIpc) is 2.63. The van der Waals surface area contributed by atoms with Gasteiger partial charge in [0.05, 0.1) is 18.5 Å². The molecule has 2 fully saturated rings. The summed E-state index contributed by atoms with van der Waals surface area (Å²) in [5, 5.41) is 9.76. The minimum absolute atomic E-state index is 0.0382. The maximum absolute atomic E-state index is 9.76. The van der Waals surface area contributed by atoms with Crippen LogP contribution in [0.25, 0.3) is 0 Å². The van der Waals surface area contributed by atoms with E-state index >= 15 is 0 Å². The van der Waals surface area contributed by atoms with Gasteiger partial charge in [0.1, 0.15) is 6.10 Å². The van der Waals surface area contributed by atoms with Crippen molar-refractivity contribution in [1.29, 1.82) is 0 Å². The van der Waals surface area contributed by atoms with Gasteiger partial charge in [0, 0.05) is 13.0 Å². The lowest BCUT2D eigenvalue weighted by Crippen LogP contribution is -2.40. The monoisotopic (exact) mass is 184 g/mol. The molecule has 0 aromatic carbocycles. The van der Waals surface area contributed by atoms with Crippen LogP contribution in [-0.4, -0.2) is 30.5 Å². The molecule has 2 aliphatic carbocycles. The molecular formula is C10H16O3. The first-order valence-corrected chi connectivity index (χ1v) is 4.75. The summed E-state index contributed by atoms with van der Waals surface area (Å²) in [6.45, 7) is 3.55. The Bertz CT molecular complexity index is 204. The van der Waals surface area contributed by atoms with Crippen molar-refractivity contribution < 1.29 is 14.6 Å². The molecule has 0 aromatic heterocycles. The Morgan fingerprint density at radius 1 is 1.46 bits per heavy atom. The fraction of sp³-hybridized carbons (Fsp3) is 0.800. The summed E-state index contributed by atoms with van der Waals surface area (Å²) < 4.78 is 10.7. The minimum Gasteiger partial charge on any atom is -0.498 e. The summed E-state index contributed by atoms with van der Waals surface area (Å²) in [5.41, 5.74) is 0. The smallest absolute Gasteiger partial charge is 0.104 e. The molecule has 0 radical (unpaired) electrons. The van der Waals surface area contributed by atoms with Gasteiger partial charge >= 0.3 is 0 Å². The summed E-state index contributed by atoms with van der Waals surface area (Å²) in [6, 6.07) is 0. The molecule has 0 spiro atoms. The van der Waals surface area contributed by atoms with Gasteiger partial charge in [0.15, 0.2) is 0 Å².